The number of amides is 3. The monoisotopic (exact) mass is 561 g/mol. The number of rotatable bonds is 0. The highest BCUT2D eigenvalue weighted by Gasteiger charge is 2.42. The van der Waals surface area contributed by atoms with E-state index in [9.17, 15) is 14.4 Å². The van der Waals surface area contributed by atoms with Crippen LogP contribution >= 0.6 is 27.3 Å². The number of aromatic nitrogens is 1. The van der Waals surface area contributed by atoms with Crippen LogP contribution in [-0.2, 0) is 9.47 Å². The third-order valence-electron chi connectivity index (χ3n) is 5.24. The highest BCUT2D eigenvalue weighted by molar-refractivity contribution is 9.10. The van der Waals surface area contributed by atoms with Crippen molar-refractivity contribution in [2.24, 2.45) is 0 Å². The Labute approximate surface area is 216 Å². The number of carbonyl (C=O) groups is 3. The Morgan fingerprint density at radius 2 is 1.66 bits per heavy atom. The normalized spacial score (nSPS) is 16.9. The molecule has 0 radical (unpaired) electrons. The van der Waals surface area contributed by atoms with Crippen LogP contribution in [0, 0.1) is 0 Å². The van der Waals surface area contributed by atoms with Gasteiger partial charge in [-0.15, -0.1) is 11.3 Å². The van der Waals surface area contributed by atoms with E-state index in [1.165, 1.54) is 16.2 Å². The molecule has 186 valence electrons. The smallest absolute Gasteiger partial charge is 0.417 e. The predicted octanol–water partition coefficient (Wildman–Crippen LogP) is 6.73. The first-order valence-electron chi connectivity index (χ1n) is 11.2. The van der Waals surface area contributed by atoms with Crippen molar-refractivity contribution >= 4 is 72.0 Å². The maximum Gasteiger partial charge on any atom is 0.417 e. The zero-order valence-corrected chi connectivity index (χ0v) is 23.2. The zero-order chi connectivity index (χ0) is 25.9. The molecule has 3 aromatic rings. The number of thiophene rings is 1. The Kier molecular flexibility index (Phi) is 6.34. The lowest BCUT2D eigenvalue weighted by Gasteiger charge is -2.31. The second-order valence-electron chi connectivity index (χ2n) is 10.5. The molecule has 0 aliphatic carbocycles. The van der Waals surface area contributed by atoms with Crippen molar-refractivity contribution in [2.75, 3.05) is 11.4 Å². The molecule has 10 heteroatoms. The fourth-order valence-corrected chi connectivity index (χ4v) is 5.45. The molecule has 4 rings (SSSR count). The van der Waals surface area contributed by atoms with Crippen molar-refractivity contribution in [2.45, 2.75) is 65.7 Å². The number of hydrogen-bond donors (Lipinski definition) is 0. The van der Waals surface area contributed by atoms with E-state index in [4.69, 9.17) is 9.47 Å². The van der Waals surface area contributed by atoms with Gasteiger partial charge in [0.1, 0.15) is 20.7 Å². The van der Waals surface area contributed by atoms with Gasteiger partial charge >= 0.3 is 12.2 Å². The van der Waals surface area contributed by atoms with E-state index in [1.54, 1.807) is 48.5 Å². The molecule has 0 fully saturated rings. The fraction of sp³-hybridized carbons (Fsp3) is 0.440. The van der Waals surface area contributed by atoms with Gasteiger partial charge in [0, 0.05) is 15.5 Å². The molecule has 1 aromatic carbocycles. The maximum absolute atomic E-state index is 13.8. The van der Waals surface area contributed by atoms with E-state index >= 15 is 0 Å². The van der Waals surface area contributed by atoms with Crippen LogP contribution in [0.1, 0.15) is 58.1 Å². The Bertz CT molecular complexity index is 1360. The van der Waals surface area contributed by atoms with Crippen LogP contribution in [0.5, 0.6) is 0 Å². The number of nitrogens with zero attached hydrogens (tertiary/aromatic N) is 3. The van der Waals surface area contributed by atoms with Crippen molar-refractivity contribution in [3.8, 4) is 0 Å². The van der Waals surface area contributed by atoms with Crippen molar-refractivity contribution in [3.63, 3.8) is 0 Å². The van der Waals surface area contributed by atoms with Gasteiger partial charge < -0.3 is 9.47 Å². The molecular formula is C25H28BrN3O5S. The fourth-order valence-electron chi connectivity index (χ4n) is 3.97. The van der Waals surface area contributed by atoms with Crippen molar-refractivity contribution in [1.82, 2.24) is 9.88 Å². The Balaban J connectivity index is 1.97. The summed E-state index contributed by atoms with van der Waals surface area (Å²) in [5.74, 6) is -0.507. The molecule has 1 atom stereocenters. The second-order valence-corrected chi connectivity index (χ2v) is 12.4. The van der Waals surface area contributed by atoms with Gasteiger partial charge in [0.25, 0.3) is 5.91 Å². The maximum atomic E-state index is 13.8. The summed E-state index contributed by atoms with van der Waals surface area (Å²) >= 11 is 4.64. The minimum Gasteiger partial charge on any atom is -0.443 e. The van der Waals surface area contributed by atoms with Gasteiger partial charge in [-0.1, -0.05) is 0 Å². The van der Waals surface area contributed by atoms with Crippen molar-refractivity contribution in [3.05, 3.63) is 33.7 Å². The van der Waals surface area contributed by atoms with E-state index < -0.39 is 35.3 Å². The van der Waals surface area contributed by atoms with Gasteiger partial charge in [0.2, 0.25) is 0 Å². The number of ether oxygens (including phenoxy) is 2. The minimum absolute atomic E-state index is 0.0546. The summed E-state index contributed by atoms with van der Waals surface area (Å²) in [5.41, 5.74) is -0.392. The summed E-state index contributed by atoms with van der Waals surface area (Å²) < 4.78 is 12.7. The molecule has 1 aliphatic heterocycles. The van der Waals surface area contributed by atoms with E-state index in [2.05, 4.69) is 20.9 Å². The summed E-state index contributed by atoms with van der Waals surface area (Å²) in [6.07, 6.45) is -1.34. The van der Waals surface area contributed by atoms with E-state index in [1.807, 2.05) is 24.3 Å². The van der Waals surface area contributed by atoms with Gasteiger partial charge in [-0.05, 0) is 88.7 Å². The summed E-state index contributed by atoms with van der Waals surface area (Å²) in [6, 6.07) is 6.81. The Morgan fingerprint density at radius 1 is 1.03 bits per heavy atom. The van der Waals surface area contributed by atoms with Crippen LogP contribution < -0.4 is 4.90 Å². The summed E-state index contributed by atoms with van der Waals surface area (Å²) in [7, 11) is 0. The van der Waals surface area contributed by atoms with E-state index in [0.717, 1.165) is 20.4 Å². The first kappa shape index (κ1) is 25.4. The molecule has 0 unspecified atom stereocenters. The van der Waals surface area contributed by atoms with Crippen LogP contribution in [0.4, 0.5) is 15.3 Å². The predicted molar refractivity (Wildman–Crippen MR) is 140 cm³/mol. The highest BCUT2D eigenvalue weighted by atomic mass is 79.9. The van der Waals surface area contributed by atoms with Crippen LogP contribution in [-0.4, -0.2) is 51.8 Å². The lowest BCUT2D eigenvalue weighted by atomic mass is 10.1. The molecule has 3 amide bonds. The van der Waals surface area contributed by atoms with Crippen LogP contribution in [0.3, 0.4) is 0 Å². The average molecular weight is 562 g/mol. The lowest BCUT2D eigenvalue weighted by Crippen LogP contribution is -2.49. The van der Waals surface area contributed by atoms with Crippen molar-refractivity contribution in [1.29, 1.82) is 0 Å². The largest absolute Gasteiger partial charge is 0.443 e. The van der Waals surface area contributed by atoms with Crippen molar-refractivity contribution < 1.29 is 23.9 Å². The molecule has 0 saturated heterocycles. The molecule has 0 saturated carbocycles. The molecule has 3 heterocycles. The highest BCUT2D eigenvalue weighted by Crippen LogP contribution is 2.45. The molecule has 2 aromatic heterocycles. The topological polar surface area (TPSA) is 89.0 Å². The van der Waals surface area contributed by atoms with Gasteiger partial charge in [0.05, 0.1) is 23.8 Å². The summed E-state index contributed by atoms with van der Waals surface area (Å²) in [4.78, 5) is 47.8. The molecule has 35 heavy (non-hydrogen) atoms. The van der Waals surface area contributed by atoms with Crippen LogP contribution in [0.2, 0.25) is 0 Å². The molecule has 0 N–H and O–H groups in total. The number of benzene rings is 1. The lowest BCUT2D eigenvalue weighted by molar-refractivity contribution is 0.0182. The Morgan fingerprint density at radius 3 is 2.29 bits per heavy atom. The van der Waals surface area contributed by atoms with E-state index in [0.29, 0.717) is 15.8 Å². The van der Waals surface area contributed by atoms with Crippen LogP contribution in [0.15, 0.2) is 28.9 Å². The number of fused-ring (bicyclic) bond motifs is 5. The first-order valence-corrected chi connectivity index (χ1v) is 12.9. The quantitative estimate of drug-likeness (QED) is 0.282. The molecule has 1 aliphatic rings. The standard InChI is InChI=1S/C25H28BrN3O5S/c1-13-12-28(22(31)33-24(2,3)4)19-18-14-8-11-17(26)27-15(14)9-10-16(18)35-20(19)21(30)29(13)23(32)34-25(5,6)7/h8-11,13H,12H2,1-7H3/t13-/m1/s1. The molecular weight excluding hydrogens is 534 g/mol. The average Bonchev–Trinajstić information content (AvgIpc) is 3.04. The number of imide groups is 1. The van der Waals surface area contributed by atoms with E-state index in [-0.39, 0.29) is 11.4 Å². The molecule has 0 bridgehead atoms. The SMILES string of the molecule is C[C@@H]1CN(C(=O)OC(C)(C)C)c2c(sc3ccc4nc(Br)ccc4c23)C(=O)N1C(=O)OC(C)(C)C. The van der Waals surface area contributed by atoms with Crippen LogP contribution in [0.25, 0.3) is 21.0 Å². The number of hydrogen-bond acceptors (Lipinski definition) is 7. The molecule has 8 nitrogen and oxygen atoms in total. The van der Waals surface area contributed by atoms with Gasteiger partial charge in [-0.2, -0.15) is 0 Å². The first-order chi connectivity index (χ1) is 16.2. The number of anilines is 1. The van der Waals surface area contributed by atoms with Gasteiger partial charge in [-0.25, -0.2) is 19.5 Å². The third-order valence-corrected chi connectivity index (χ3v) is 6.81. The summed E-state index contributed by atoms with van der Waals surface area (Å²) in [5, 5.41) is 1.52. The second kappa shape index (κ2) is 8.74. The molecule has 0 spiro atoms. The number of carbonyl (C=O) groups excluding carboxylic acids is 3. The number of pyridine rings is 1. The number of halogens is 1. The van der Waals surface area contributed by atoms with Gasteiger partial charge in [-0.3, -0.25) is 9.69 Å². The zero-order valence-electron chi connectivity index (χ0n) is 20.8. The van der Waals surface area contributed by atoms with Gasteiger partial charge in [0.15, 0.2) is 0 Å². The third kappa shape index (κ3) is 4.99. The minimum atomic E-state index is -0.785. The Hall–Kier alpha value is -2.72. The summed E-state index contributed by atoms with van der Waals surface area (Å²) in [6.45, 7) is 12.4.